The van der Waals surface area contributed by atoms with E-state index in [2.05, 4.69) is 30.5 Å². The zero-order valence-corrected chi connectivity index (χ0v) is 17.9. The maximum Gasteiger partial charge on any atom is 0.262 e. The van der Waals surface area contributed by atoms with Crippen molar-refractivity contribution in [3.05, 3.63) is 41.7 Å². The number of nitrogens with zero attached hydrogens (tertiary/aromatic N) is 5. The van der Waals surface area contributed by atoms with E-state index >= 15 is 0 Å². The minimum atomic E-state index is -0.521. The largest absolute Gasteiger partial charge is 0.477 e. The molecule has 0 radical (unpaired) electrons. The Kier molecular flexibility index (Phi) is 5.99. The van der Waals surface area contributed by atoms with Gasteiger partial charge < -0.3 is 24.7 Å². The Morgan fingerprint density at radius 2 is 2.19 bits per heavy atom. The highest BCUT2D eigenvalue weighted by molar-refractivity contribution is 6.05. The van der Waals surface area contributed by atoms with Gasteiger partial charge in [-0.05, 0) is 39.8 Å². The normalized spacial score (nSPS) is 16.1. The number of anilines is 2. The van der Waals surface area contributed by atoms with Crippen LogP contribution in [0, 0.1) is 18.7 Å². The van der Waals surface area contributed by atoms with Crippen LogP contribution in [-0.2, 0) is 0 Å². The number of aryl methyl sites for hydroxylation is 1. The maximum atomic E-state index is 14.3. The van der Waals surface area contributed by atoms with Gasteiger partial charge in [0.1, 0.15) is 5.56 Å². The molecule has 164 valence electrons. The zero-order chi connectivity index (χ0) is 22.0. The number of pyridine rings is 1. The summed E-state index contributed by atoms with van der Waals surface area (Å²) in [5.74, 6) is 0.290. The van der Waals surface area contributed by atoms with E-state index in [1.54, 1.807) is 19.3 Å². The van der Waals surface area contributed by atoms with Crippen LogP contribution in [0.5, 0.6) is 5.88 Å². The van der Waals surface area contributed by atoms with E-state index in [9.17, 15) is 9.18 Å². The summed E-state index contributed by atoms with van der Waals surface area (Å²) in [5, 5.41) is 5.90. The van der Waals surface area contributed by atoms with Crippen molar-refractivity contribution in [1.29, 1.82) is 0 Å². The minimum absolute atomic E-state index is 0.193. The summed E-state index contributed by atoms with van der Waals surface area (Å²) in [4.78, 5) is 28.0. The highest BCUT2D eigenvalue weighted by atomic mass is 19.1. The van der Waals surface area contributed by atoms with Crippen LogP contribution in [0.2, 0.25) is 0 Å². The summed E-state index contributed by atoms with van der Waals surface area (Å²) in [5.41, 5.74) is 1.39. The van der Waals surface area contributed by atoms with Crippen LogP contribution in [0.25, 0.3) is 5.65 Å². The number of aromatic nitrogens is 4. The van der Waals surface area contributed by atoms with Gasteiger partial charge >= 0.3 is 0 Å². The summed E-state index contributed by atoms with van der Waals surface area (Å²) in [7, 11) is 1.94. The van der Waals surface area contributed by atoms with Crippen LogP contribution in [-0.4, -0.2) is 58.5 Å². The van der Waals surface area contributed by atoms with Crippen LogP contribution in [0.3, 0.4) is 0 Å². The van der Waals surface area contributed by atoms with Gasteiger partial charge in [-0.25, -0.2) is 14.4 Å². The number of hydrogen-bond donors (Lipinski definition) is 2. The third-order valence-corrected chi connectivity index (χ3v) is 5.21. The number of nitrogens with one attached hydrogen (secondary N) is 2. The van der Waals surface area contributed by atoms with Gasteiger partial charge in [0.05, 0.1) is 18.0 Å². The SMILES string of the molecule is CCOc1nc(N2CC[C@@H](CNC)C2)ncc1C(=O)Nc1cc(F)c2nc(C)cn2c1. The number of carbonyl (C=O) groups excluding carboxylic acids is 1. The Morgan fingerprint density at radius 1 is 1.35 bits per heavy atom. The highest BCUT2D eigenvalue weighted by Gasteiger charge is 2.26. The van der Waals surface area contributed by atoms with Gasteiger partial charge in [0.2, 0.25) is 11.8 Å². The van der Waals surface area contributed by atoms with E-state index in [0.717, 1.165) is 26.1 Å². The first-order valence-electron chi connectivity index (χ1n) is 10.3. The van der Waals surface area contributed by atoms with Crippen molar-refractivity contribution in [3.63, 3.8) is 0 Å². The van der Waals surface area contributed by atoms with Gasteiger partial charge in [-0.15, -0.1) is 0 Å². The maximum absolute atomic E-state index is 14.3. The van der Waals surface area contributed by atoms with Crippen molar-refractivity contribution in [1.82, 2.24) is 24.7 Å². The molecule has 1 fully saturated rings. The van der Waals surface area contributed by atoms with Gasteiger partial charge in [-0.3, -0.25) is 4.79 Å². The lowest BCUT2D eigenvalue weighted by Gasteiger charge is -2.18. The van der Waals surface area contributed by atoms with Gasteiger partial charge in [-0.2, -0.15) is 4.98 Å². The second-order valence-electron chi connectivity index (χ2n) is 7.62. The Balaban J connectivity index is 1.56. The smallest absolute Gasteiger partial charge is 0.262 e. The number of carbonyl (C=O) groups is 1. The molecule has 1 atom stereocenters. The topological polar surface area (TPSA) is 96.7 Å². The van der Waals surface area contributed by atoms with E-state index in [1.807, 2.05) is 14.0 Å². The molecule has 1 aliphatic rings. The number of halogens is 1. The third kappa shape index (κ3) is 4.43. The molecular weight excluding hydrogens is 401 g/mol. The third-order valence-electron chi connectivity index (χ3n) is 5.21. The second kappa shape index (κ2) is 8.84. The molecule has 1 amide bonds. The average molecular weight is 427 g/mol. The Hall–Kier alpha value is -3.27. The van der Waals surface area contributed by atoms with Crippen molar-refractivity contribution >= 4 is 23.2 Å². The molecule has 1 aliphatic heterocycles. The van der Waals surface area contributed by atoms with Crippen molar-refractivity contribution in [3.8, 4) is 5.88 Å². The molecule has 0 aliphatic carbocycles. The molecule has 0 unspecified atom stereocenters. The van der Waals surface area contributed by atoms with Crippen LogP contribution in [0.4, 0.5) is 16.0 Å². The van der Waals surface area contributed by atoms with E-state index in [4.69, 9.17) is 4.74 Å². The van der Waals surface area contributed by atoms with Gasteiger partial charge in [0.15, 0.2) is 11.5 Å². The van der Waals surface area contributed by atoms with Crippen molar-refractivity contribution in [2.24, 2.45) is 5.92 Å². The fourth-order valence-corrected chi connectivity index (χ4v) is 3.83. The molecule has 4 rings (SSSR count). The van der Waals surface area contributed by atoms with Crippen molar-refractivity contribution in [2.75, 3.05) is 43.5 Å². The molecular formula is C21H26FN7O2. The first kappa shape index (κ1) is 21.0. The molecule has 0 aromatic carbocycles. The summed E-state index contributed by atoms with van der Waals surface area (Å²) in [6.07, 6.45) is 5.81. The first-order valence-corrected chi connectivity index (χ1v) is 10.3. The van der Waals surface area contributed by atoms with E-state index in [0.29, 0.717) is 29.9 Å². The molecule has 31 heavy (non-hydrogen) atoms. The van der Waals surface area contributed by atoms with E-state index in [-0.39, 0.29) is 17.1 Å². The molecule has 0 bridgehead atoms. The van der Waals surface area contributed by atoms with Crippen molar-refractivity contribution in [2.45, 2.75) is 20.3 Å². The number of rotatable bonds is 7. The molecule has 9 nitrogen and oxygen atoms in total. The molecule has 0 saturated carbocycles. The van der Waals surface area contributed by atoms with Crippen molar-refractivity contribution < 1.29 is 13.9 Å². The number of imidazole rings is 1. The predicted octanol–water partition coefficient (Wildman–Crippen LogP) is 2.27. The lowest BCUT2D eigenvalue weighted by atomic mass is 10.1. The Labute approximate surface area is 179 Å². The predicted molar refractivity (Wildman–Crippen MR) is 115 cm³/mol. The highest BCUT2D eigenvalue weighted by Crippen LogP contribution is 2.25. The van der Waals surface area contributed by atoms with Crippen LogP contribution in [0.1, 0.15) is 29.4 Å². The summed E-state index contributed by atoms with van der Waals surface area (Å²) in [6.45, 7) is 6.60. The number of fused-ring (bicyclic) bond motifs is 1. The number of ether oxygens (including phenoxy) is 1. The molecule has 3 aromatic heterocycles. The standard InChI is InChI=1S/C21H26FN7O2/c1-4-31-20-16(9-24-21(27-20)28-6-5-14(11-28)8-23-3)19(30)26-15-7-17(22)18-25-13(2)10-29(18)12-15/h7,9-10,12,14,23H,4-6,8,11H2,1-3H3,(H,26,30)/t14-/m0/s1. The summed E-state index contributed by atoms with van der Waals surface area (Å²) >= 11 is 0. The molecule has 4 heterocycles. The zero-order valence-electron chi connectivity index (χ0n) is 17.9. The van der Waals surface area contributed by atoms with Gasteiger partial charge in [-0.1, -0.05) is 0 Å². The van der Waals surface area contributed by atoms with E-state index in [1.165, 1.54) is 16.7 Å². The molecule has 1 saturated heterocycles. The van der Waals surface area contributed by atoms with Crippen LogP contribution in [0.15, 0.2) is 24.7 Å². The monoisotopic (exact) mass is 427 g/mol. The summed E-state index contributed by atoms with van der Waals surface area (Å²) in [6, 6.07) is 1.24. The first-order chi connectivity index (χ1) is 15.0. The average Bonchev–Trinajstić information content (AvgIpc) is 3.35. The second-order valence-corrected chi connectivity index (χ2v) is 7.62. The minimum Gasteiger partial charge on any atom is -0.477 e. The Morgan fingerprint density at radius 3 is 2.97 bits per heavy atom. The lowest BCUT2D eigenvalue weighted by molar-refractivity contribution is 0.102. The van der Waals surface area contributed by atoms with Crippen LogP contribution >= 0.6 is 0 Å². The van der Waals surface area contributed by atoms with Gasteiger partial charge in [0, 0.05) is 37.7 Å². The fraction of sp³-hybridized carbons (Fsp3) is 0.429. The van der Waals surface area contributed by atoms with E-state index < -0.39 is 11.7 Å². The van der Waals surface area contributed by atoms with Gasteiger partial charge in [0.25, 0.3) is 5.91 Å². The molecule has 2 N–H and O–H groups in total. The quantitative estimate of drug-likeness (QED) is 0.597. The summed E-state index contributed by atoms with van der Waals surface area (Å²) < 4.78 is 21.5. The lowest BCUT2D eigenvalue weighted by Crippen LogP contribution is -2.26. The fourth-order valence-electron chi connectivity index (χ4n) is 3.83. The number of amides is 1. The molecule has 0 spiro atoms. The Bertz CT molecular complexity index is 1100. The van der Waals surface area contributed by atoms with Crippen LogP contribution < -0.4 is 20.3 Å². The number of hydrogen-bond acceptors (Lipinski definition) is 7. The molecule has 3 aromatic rings. The molecule has 10 heteroatoms.